The largest absolute Gasteiger partial charge is 0.481 e. The summed E-state index contributed by atoms with van der Waals surface area (Å²) in [5, 5.41) is 10.9. The van der Waals surface area contributed by atoms with Crippen molar-refractivity contribution in [2.24, 2.45) is 59.0 Å². The van der Waals surface area contributed by atoms with Crippen molar-refractivity contribution in [1.82, 2.24) is 0 Å². The number of fused-ring (bicyclic) bond motifs is 5. The van der Waals surface area contributed by atoms with Gasteiger partial charge in [0.1, 0.15) is 0 Å². The number of nitrogens with two attached hydrogens (primary N) is 1. The Bertz CT molecular complexity index is 1580. The first-order valence-electron chi connectivity index (χ1n) is 20.6. The number of carbonyl (C=O) groups is 1. The molecule has 2 aromatic carbocycles. The predicted molar refractivity (Wildman–Crippen MR) is 210 cm³/mol. The third kappa shape index (κ3) is 7.88. The monoisotopic (exact) mass is 683 g/mol. The lowest BCUT2D eigenvalue weighted by Gasteiger charge is -2.56. The molecule has 3 nitrogen and oxygen atoms in total. The standard InChI is InChI=1S/C48H61NO2/c49-34-40-27-29-43(47(50)51)46-44-30-28-39(45(40)46)33-36(19-8-2-7-18-35-16-5-1-6-17-35)32-38(37-20-9-3-10-21-37)22-15-26-42-25-13-14-31-48(42,44)41-23-11-4-12-24-41/h2-4,8-12,20-21,23-24,27-30,35-36,38-40,42-46H,1,5-7,13-14,16-19,22,25,31-34,49H2,(H,50,51). The van der Waals surface area contributed by atoms with Gasteiger partial charge in [0.15, 0.2) is 0 Å². The minimum atomic E-state index is -0.691. The molecule has 3 heteroatoms. The molecule has 2 fully saturated rings. The molecule has 6 aliphatic rings. The van der Waals surface area contributed by atoms with Crippen molar-refractivity contribution in [3.63, 3.8) is 0 Å². The topological polar surface area (TPSA) is 63.3 Å². The number of carboxylic acid groups (broad SMARTS) is 1. The molecule has 51 heavy (non-hydrogen) atoms. The maximum Gasteiger partial charge on any atom is 0.310 e. The summed E-state index contributed by atoms with van der Waals surface area (Å²) in [5.41, 5.74) is 9.14. The molecule has 3 N–H and O–H groups in total. The van der Waals surface area contributed by atoms with Gasteiger partial charge in [0.2, 0.25) is 0 Å². The molecule has 6 aliphatic carbocycles. The Morgan fingerprint density at radius 3 is 2.35 bits per heavy atom. The number of benzene rings is 2. The van der Waals surface area contributed by atoms with E-state index in [1.807, 2.05) is 6.08 Å². The summed E-state index contributed by atoms with van der Waals surface area (Å²) in [5.74, 6) is 9.26. The number of hydrogen-bond acceptors (Lipinski definition) is 2. The lowest BCUT2D eigenvalue weighted by Crippen LogP contribution is -2.55. The predicted octanol–water partition coefficient (Wildman–Crippen LogP) is 10.9. The lowest BCUT2D eigenvalue weighted by molar-refractivity contribution is -0.145. The third-order valence-corrected chi connectivity index (χ3v) is 14.0. The zero-order chi connectivity index (χ0) is 35.0. The summed E-state index contributed by atoms with van der Waals surface area (Å²) in [7, 11) is 0. The summed E-state index contributed by atoms with van der Waals surface area (Å²) in [6.45, 7) is 0.557. The average molecular weight is 684 g/mol. The van der Waals surface area contributed by atoms with E-state index < -0.39 is 11.9 Å². The minimum Gasteiger partial charge on any atom is -0.481 e. The number of rotatable bonds is 9. The van der Waals surface area contributed by atoms with Crippen LogP contribution < -0.4 is 5.73 Å². The highest BCUT2D eigenvalue weighted by Crippen LogP contribution is 2.59. The molecule has 8 rings (SSSR count). The van der Waals surface area contributed by atoms with Crippen molar-refractivity contribution < 1.29 is 9.90 Å². The second kappa shape index (κ2) is 17.0. The van der Waals surface area contributed by atoms with Crippen LogP contribution in [0.5, 0.6) is 0 Å². The van der Waals surface area contributed by atoms with Gasteiger partial charge in [0, 0.05) is 17.8 Å². The Balaban J connectivity index is 1.30. The van der Waals surface area contributed by atoms with Crippen LogP contribution in [0.2, 0.25) is 0 Å². The zero-order valence-electron chi connectivity index (χ0n) is 30.8. The number of carboxylic acids is 1. The van der Waals surface area contributed by atoms with Crippen LogP contribution in [0.4, 0.5) is 0 Å². The van der Waals surface area contributed by atoms with Gasteiger partial charge in [-0.25, -0.2) is 0 Å². The Morgan fingerprint density at radius 1 is 0.824 bits per heavy atom. The van der Waals surface area contributed by atoms with Crippen LogP contribution in [0.1, 0.15) is 113 Å². The van der Waals surface area contributed by atoms with Crippen LogP contribution in [-0.4, -0.2) is 17.6 Å². The zero-order valence-corrected chi connectivity index (χ0v) is 30.8. The smallest absolute Gasteiger partial charge is 0.310 e. The van der Waals surface area contributed by atoms with E-state index in [1.165, 1.54) is 62.5 Å². The summed E-state index contributed by atoms with van der Waals surface area (Å²) >= 11 is 0. The van der Waals surface area contributed by atoms with Crippen molar-refractivity contribution in [2.75, 3.05) is 6.54 Å². The fraction of sp³-hybridized carbons (Fsp3) is 0.562. The highest BCUT2D eigenvalue weighted by molar-refractivity contribution is 5.73. The molecular weight excluding hydrogens is 623 g/mol. The van der Waals surface area contributed by atoms with E-state index in [-0.39, 0.29) is 35.0 Å². The van der Waals surface area contributed by atoms with Gasteiger partial charge in [-0.15, -0.1) is 5.92 Å². The molecule has 0 aliphatic heterocycles. The summed E-state index contributed by atoms with van der Waals surface area (Å²) in [6.07, 6.45) is 32.3. The number of hydrogen-bond donors (Lipinski definition) is 2. The van der Waals surface area contributed by atoms with Gasteiger partial charge in [0.25, 0.3) is 0 Å². The van der Waals surface area contributed by atoms with Crippen LogP contribution in [-0.2, 0) is 10.2 Å². The second-order valence-electron chi connectivity index (χ2n) is 16.8. The van der Waals surface area contributed by atoms with Crippen LogP contribution in [0.25, 0.3) is 0 Å². The van der Waals surface area contributed by atoms with Crippen molar-refractivity contribution in [3.8, 4) is 11.8 Å². The van der Waals surface area contributed by atoms with Crippen molar-refractivity contribution in [2.45, 2.75) is 108 Å². The molecule has 0 heterocycles. The van der Waals surface area contributed by atoms with E-state index in [0.717, 1.165) is 50.9 Å². The highest BCUT2D eigenvalue weighted by Gasteiger charge is 2.57. The molecule has 2 bridgehead atoms. The molecule has 2 saturated carbocycles. The first-order valence-corrected chi connectivity index (χ1v) is 20.6. The van der Waals surface area contributed by atoms with Crippen LogP contribution in [0.15, 0.2) is 97.1 Å². The molecule has 2 aromatic rings. The van der Waals surface area contributed by atoms with Gasteiger partial charge < -0.3 is 10.8 Å². The number of aliphatic carboxylic acids is 1. The average Bonchev–Trinajstić information content (AvgIpc) is 3.19. The summed E-state index contributed by atoms with van der Waals surface area (Å²) in [6, 6.07) is 22.2. The van der Waals surface area contributed by atoms with E-state index in [1.54, 1.807) is 0 Å². The minimum absolute atomic E-state index is 0.0176. The van der Waals surface area contributed by atoms with Crippen molar-refractivity contribution in [3.05, 3.63) is 108 Å². The fourth-order valence-electron chi connectivity index (χ4n) is 11.6. The Labute approximate surface area is 308 Å². The van der Waals surface area contributed by atoms with Gasteiger partial charge in [-0.3, -0.25) is 4.79 Å². The Kier molecular flexibility index (Phi) is 12.0. The Morgan fingerprint density at radius 2 is 1.59 bits per heavy atom. The summed E-state index contributed by atoms with van der Waals surface area (Å²) in [4.78, 5) is 13.2. The maximum atomic E-state index is 13.2. The fourth-order valence-corrected chi connectivity index (χ4v) is 11.6. The van der Waals surface area contributed by atoms with E-state index >= 15 is 0 Å². The molecular formula is C48H61NO2. The number of allylic oxidation sites excluding steroid dienone is 4. The molecule has 0 radical (unpaired) electrons. The molecule has 10 atom stereocenters. The molecule has 0 amide bonds. The van der Waals surface area contributed by atoms with Gasteiger partial charge in [-0.1, -0.05) is 148 Å². The molecule has 0 saturated heterocycles. The molecule has 0 aromatic heterocycles. The van der Waals surface area contributed by atoms with E-state index in [0.29, 0.717) is 24.3 Å². The van der Waals surface area contributed by atoms with Crippen LogP contribution >= 0.6 is 0 Å². The quantitative estimate of drug-likeness (QED) is 0.204. The van der Waals surface area contributed by atoms with Gasteiger partial charge in [-0.2, -0.15) is 0 Å². The van der Waals surface area contributed by atoms with Gasteiger partial charge >= 0.3 is 5.97 Å². The highest BCUT2D eigenvalue weighted by atomic mass is 16.4. The second-order valence-corrected chi connectivity index (χ2v) is 16.8. The Hall–Kier alpha value is -3.35. The van der Waals surface area contributed by atoms with E-state index in [4.69, 9.17) is 5.73 Å². The van der Waals surface area contributed by atoms with Gasteiger partial charge in [-0.05, 0) is 110 Å². The lowest BCUT2D eigenvalue weighted by atomic mass is 9.47. The normalized spacial score (nSPS) is 35.4. The van der Waals surface area contributed by atoms with Crippen LogP contribution in [0.3, 0.4) is 0 Å². The molecule has 0 spiro atoms. The molecule has 270 valence electrons. The third-order valence-electron chi connectivity index (χ3n) is 14.0. The van der Waals surface area contributed by atoms with E-state index in [9.17, 15) is 9.90 Å². The first kappa shape index (κ1) is 36.0. The van der Waals surface area contributed by atoms with Crippen LogP contribution in [0, 0.1) is 65.1 Å². The maximum absolute atomic E-state index is 13.2. The SMILES string of the molecule is NCC1C=CC(C(=O)O)C2C1C1C=CC2C2(c3ccccc3)CCCCC2C#CCC(c2ccccc2)CC(CC=CCCC2CCCCC2)C1. The van der Waals surface area contributed by atoms with Crippen molar-refractivity contribution >= 4 is 5.97 Å². The van der Waals surface area contributed by atoms with E-state index in [2.05, 4.69) is 103 Å². The molecule has 10 unspecified atom stereocenters. The van der Waals surface area contributed by atoms with Crippen molar-refractivity contribution in [1.29, 1.82) is 0 Å². The van der Waals surface area contributed by atoms with Gasteiger partial charge in [0.05, 0.1) is 5.92 Å². The summed E-state index contributed by atoms with van der Waals surface area (Å²) < 4.78 is 0. The first-order chi connectivity index (χ1) is 25.1.